The highest BCUT2D eigenvalue weighted by Gasteiger charge is 2.17. The summed E-state index contributed by atoms with van der Waals surface area (Å²) in [7, 11) is 0. The van der Waals surface area contributed by atoms with Gasteiger partial charge in [-0.15, -0.1) is 10.2 Å². The zero-order valence-electron chi connectivity index (χ0n) is 17.0. The van der Waals surface area contributed by atoms with Gasteiger partial charge in [0.25, 0.3) is 0 Å². The highest BCUT2D eigenvalue weighted by Crippen LogP contribution is 2.25. The van der Waals surface area contributed by atoms with Gasteiger partial charge in [-0.25, -0.2) is 8.78 Å². The maximum absolute atomic E-state index is 13.9. The summed E-state index contributed by atoms with van der Waals surface area (Å²) in [6.45, 7) is -0.0384. The van der Waals surface area contributed by atoms with Crippen molar-refractivity contribution in [3.63, 3.8) is 0 Å². The Morgan fingerprint density at radius 2 is 1.76 bits per heavy atom. The van der Waals surface area contributed by atoms with Crippen molar-refractivity contribution in [2.45, 2.75) is 11.8 Å². The minimum atomic E-state index is -0.585. The van der Waals surface area contributed by atoms with Crippen LogP contribution < -0.4 is 10.1 Å². The molecular formula is C23H17ClF2N4O2S. The first-order valence-electron chi connectivity index (χ1n) is 9.76. The molecule has 0 saturated heterocycles. The Morgan fingerprint density at radius 3 is 2.55 bits per heavy atom. The number of amides is 1. The van der Waals surface area contributed by atoms with Gasteiger partial charge >= 0.3 is 0 Å². The van der Waals surface area contributed by atoms with Crippen LogP contribution in [0.15, 0.2) is 78.0 Å². The first-order chi connectivity index (χ1) is 16.0. The molecule has 0 atom stereocenters. The summed E-state index contributed by atoms with van der Waals surface area (Å²) in [5, 5.41) is 11.6. The third kappa shape index (κ3) is 5.68. The molecule has 4 rings (SSSR count). The van der Waals surface area contributed by atoms with Crippen molar-refractivity contribution in [2.24, 2.45) is 0 Å². The van der Waals surface area contributed by atoms with E-state index in [4.69, 9.17) is 16.3 Å². The number of thioether (sulfide) groups is 1. The molecule has 1 N–H and O–H groups in total. The van der Waals surface area contributed by atoms with E-state index in [0.717, 1.165) is 17.4 Å². The van der Waals surface area contributed by atoms with Crippen LogP contribution in [0.3, 0.4) is 0 Å². The molecule has 0 bridgehead atoms. The molecule has 1 amide bonds. The number of aromatic nitrogens is 3. The summed E-state index contributed by atoms with van der Waals surface area (Å²) in [5.74, 6) is -1.04. The number of hydrogen-bond donors (Lipinski definition) is 1. The van der Waals surface area contributed by atoms with E-state index in [-0.39, 0.29) is 23.8 Å². The minimum Gasteiger partial charge on any atom is -0.483 e. The number of halogens is 3. The Bertz CT molecular complexity index is 1270. The lowest BCUT2D eigenvalue weighted by Crippen LogP contribution is -2.15. The van der Waals surface area contributed by atoms with Crippen molar-refractivity contribution >= 4 is 35.0 Å². The number of hydrogen-bond acceptors (Lipinski definition) is 5. The first-order valence-corrected chi connectivity index (χ1v) is 11.1. The number of anilines is 1. The van der Waals surface area contributed by atoms with Crippen LogP contribution in [0.25, 0.3) is 5.69 Å². The van der Waals surface area contributed by atoms with E-state index >= 15 is 0 Å². The van der Waals surface area contributed by atoms with Crippen molar-refractivity contribution in [1.29, 1.82) is 0 Å². The van der Waals surface area contributed by atoms with Gasteiger partial charge in [0, 0.05) is 10.7 Å². The Balaban J connectivity index is 1.51. The van der Waals surface area contributed by atoms with Crippen LogP contribution >= 0.6 is 23.4 Å². The molecule has 3 aromatic carbocycles. The molecule has 6 nitrogen and oxygen atoms in total. The number of benzene rings is 3. The summed E-state index contributed by atoms with van der Waals surface area (Å²) in [4.78, 5) is 12.4. The predicted molar refractivity (Wildman–Crippen MR) is 123 cm³/mol. The molecule has 0 unspecified atom stereocenters. The molecule has 0 saturated carbocycles. The summed E-state index contributed by atoms with van der Waals surface area (Å²) < 4.78 is 35.1. The van der Waals surface area contributed by atoms with Gasteiger partial charge in [-0.1, -0.05) is 53.7 Å². The third-order valence-corrected chi connectivity index (χ3v) is 5.61. The van der Waals surface area contributed by atoms with Gasteiger partial charge in [-0.2, -0.15) is 0 Å². The molecule has 33 heavy (non-hydrogen) atoms. The van der Waals surface area contributed by atoms with Crippen LogP contribution in [-0.2, 0) is 11.4 Å². The van der Waals surface area contributed by atoms with Crippen LogP contribution in [-0.4, -0.2) is 26.4 Å². The summed E-state index contributed by atoms with van der Waals surface area (Å²) >= 11 is 6.99. The van der Waals surface area contributed by atoms with E-state index in [9.17, 15) is 13.6 Å². The van der Waals surface area contributed by atoms with Gasteiger partial charge in [0.15, 0.2) is 22.5 Å². The number of ether oxygens (including phenoxy) is 1. The number of nitrogens with one attached hydrogen (secondary N) is 1. The number of nitrogens with zero attached hydrogens (tertiary/aromatic N) is 3. The largest absolute Gasteiger partial charge is 0.483 e. The molecule has 4 aromatic rings. The van der Waals surface area contributed by atoms with Crippen molar-refractivity contribution in [3.05, 3.63) is 95.3 Å². The molecule has 10 heteroatoms. The molecular weight excluding hydrogens is 470 g/mol. The van der Waals surface area contributed by atoms with Crippen LogP contribution in [0.5, 0.6) is 5.75 Å². The van der Waals surface area contributed by atoms with Crippen LogP contribution in [0.1, 0.15) is 5.82 Å². The zero-order chi connectivity index (χ0) is 23.2. The van der Waals surface area contributed by atoms with Gasteiger partial charge < -0.3 is 10.1 Å². The second-order valence-electron chi connectivity index (χ2n) is 6.75. The number of para-hydroxylation sites is 2. The smallest absolute Gasteiger partial charge is 0.234 e. The maximum atomic E-state index is 13.9. The average Bonchev–Trinajstić information content (AvgIpc) is 3.23. The fourth-order valence-corrected chi connectivity index (χ4v) is 3.88. The summed E-state index contributed by atoms with van der Waals surface area (Å²) in [6, 6.07) is 19.2. The Labute approximate surface area is 197 Å². The Hall–Kier alpha value is -3.43. The lowest BCUT2D eigenvalue weighted by atomic mass is 10.3. The second-order valence-corrected chi connectivity index (χ2v) is 8.13. The van der Waals surface area contributed by atoms with Gasteiger partial charge in [-0.3, -0.25) is 9.36 Å². The lowest BCUT2D eigenvalue weighted by molar-refractivity contribution is -0.113. The Morgan fingerprint density at radius 1 is 1.00 bits per heavy atom. The summed E-state index contributed by atoms with van der Waals surface area (Å²) in [6.07, 6.45) is 0. The molecule has 1 heterocycles. The van der Waals surface area contributed by atoms with Crippen LogP contribution in [0.2, 0.25) is 5.02 Å². The number of carbonyl (C=O) groups is 1. The second kappa shape index (κ2) is 10.5. The van der Waals surface area contributed by atoms with Crippen molar-refractivity contribution in [1.82, 2.24) is 14.8 Å². The lowest BCUT2D eigenvalue weighted by Gasteiger charge is -2.11. The molecule has 0 aliphatic carbocycles. The molecule has 0 radical (unpaired) electrons. The van der Waals surface area contributed by atoms with Crippen molar-refractivity contribution < 1.29 is 18.3 Å². The fraction of sp³-hybridized carbons (Fsp3) is 0.0870. The molecule has 0 fully saturated rings. The van der Waals surface area contributed by atoms with E-state index in [1.54, 1.807) is 16.7 Å². The molecule has 0 aliphatic rings. The molecule has 0 spiro atoms. The standard InChI is InChI=1S/C23H17ClF2N4O2S/c24-15-10-11-17(25)19(12-15)27-22(31)14-33-23-29-28-21(30(23)16-6-2-1-3-7-16)13-32-20-9-5-4-8-18(20)26/h1-12H,13-14H2,(H,27,31). The molecule has 0 aliphatic heterocycles. The fourth-order valence-electron chi connectivity index (χ4n) is 2.94. The van der Waals surface area contributed by atoms with Gasteiger partial charge in [0.05, 0.1) is 11.4 Å². The van der Waals surface area contributed by atoms with E-state index in [1.807, 2.05) is 30.3 Å². The average molecular weight is 487 g/mol. The van der Waals surface area contributed by atoms with Crippen molar-refractivity contribution in [2.75, 3.05) is 11.1 Å². The normalized spacial score (nSPS) is 10.8. The van der Waals surface area contributed by atoms with Crippen LogP contribution in [0.4, 0.5) is 14.5 Å². The van der Waals surface area contributed by atoms with Gasteiger partial charge in [0.1, 0.15) is 12.4 Å². The number of carbonyl (C=O) groups excluding carboxylic acids is 1. The number of rotatable bonds is 8. The highest BCUT2D eigenvalue weighted by molar-refractivity contribution is 7.99. The monoisotopic (exact) mass is 486 g/mol. The zero-order valence-corrected chi connectivity index (χ0v) is 18.6. The van der Waals surface area contributed by atoms with E-state index in [0.29, 0.717) is 16.0 Å². The third-order valence-electron chi connectivity index (χ3n) is 4.44. The van der Waals surface area contributed by atoms with E-state index in [1.165, 1.54) is 30.3 Å². The summed E-state index contributed by atoms with van der Waals surface area (Å²) in [5.41, 5.74) is 0.745. The van der Waals surface area contributed by atoms with Crippen molar-refractivity contribution in [3.8, 4) is 11.4 Å². The predicted octanol–water partition coefficient (Wildman–Crippen LogP) is 5.51. The molecule has 168 valence electrons. The van der Waals surface area contributed by atoms with E-state index < -0.39 is 17.5 Å². The van der Waals surface area contributed by atoms with Gasteiger partial charge in [0.2, 0.25) is 5.91 Å². The van der Waals surface area contributed by atoms with Crippen LogP contribution in [0, 0.1) is 11.6 Å². The minimum absolute atomic E-state index is 0.00315. The Kier molecular flexibility index (Phi) is 7.21. The first kappa shape index (κ1) is 22.8. The maximum Gasteiger partial charge on any atom is 0.234 e. The highest BCUT2D eigenvalue weighted by atomic mass is 35.5. The molecule has 1 aromatic heterocycles. The quantitative estimate of drug-likeness (QED) is 0.333. The van der Waals surface area contributed by atoms with Gasteiger partial charge in [-0.05, 0) is 42.5 Å². The SMILES string of the molecule is O=C(CSc1nnc(COc2ccccc2F)n1-c1ccccc1)Nc1cc(Cl)ccc1F. The topological polar surface area (TPSA) is 69.0 Å². The van der Waals surface area contributed by atoms with E-state index in [2.05, 4.69) is 15.5 Å².